The molecule has 10 heteroatoms. The van der Waals surface area contributed by atoms with E-state index in [1.54, 1.807) is 24.3 Å². The molecular formula is C26H31N7O3. The van der Waals surface area contributed by atoms with Crippen molar-refractivity contribution in [2.24, 2.45) is 10.8 Å². The van der Waals surface area contributed by atoms with E-state index in [4.69, 9.17) is 10.6 Å². The Kier molecular flexibility index (Phi) is 8.06. The van der Waals surface area contributed by atoms with Crippen LogP contribution in [0.5, 0.6) is 0 Å². The number of hydrogen-bond donors (Lipinski definition) is 4. The molecule has 2 atom stereocenters. The minimum Gasteiger partial charge on any atom is -0.465 e. The molecule has 0 saturated heterocycles. The average Bonchev–Trinajstić information content (AvgIpc) is 2.91. The Bertz CT molecular complexity index is 1260. The Hall–Kier alpha value is -4.05. The highest BCUT2D eigenvalue weighted by molar-refractivity contribution is 5.96. The second kappa shape index (κ2) is 11.6. The van der Waals surface area contributed by atoms with E-state index in [2.05, 4.69) is 31.0 Å². The van der Waals surface area contributed by atoms with Gasteiger partial charge in [-0.2, -0.15) is 0 Å². The van der Waals surface area contributed by atoms with Crippen LogP contribution < -0.4 is 21.9 Å². The molecule has 3 aromatic rings. The number of nitrogens with one attached hydrogen (secondary N) is 3. The van der Waals surface area contributed by atoms with Crippen LogP contribution >= 0.6 is 0 Å². The summed E-state index contributed by atoms with van der Waals surface area (Å²) in [5, 5.41) is 7.27. The van der Waals surface area contributed by atoms with E-state index in [0.29, 0.717) is 16.9 Å². The number of aromatic nitrogens is 2. The lowest BCUT2D eigenvalue weighted by Gasteiger charge is -2.30. The molecule has 1 amide bonds. The van der Waals surface area contributed by atoms with Gasteiger partial charge in [-0.1, -0.05) is 36.6 Å². The first kappa shape index (κ1) is 25.1. The molecule has 0 spiro atoms. The first-order chi connectivity index (χ1) is 17.5. The number of aryl methyl sites for hydroxylation is 1. The number of fused-ring (bicyclic) bond motifs is 1. The van der Waals surface area contributed by atoms with Crippen LogP contribution in [0, 0.1) is 6.92 Å². The highest BCUT2D eigenvalue weighted by atomic mass is 16.5. The van der Waals surface area contributed by atoms with Gasteiger partial charge < -0.3 is 20.8 Å². The summed E-state index contributed by atoms with van der Waals surface area (Å²) in [7, 11) is 1.34. The Morgan fingerprint density at radius 1 is 1.14 bits per heavy atom. The summed E-state index contributed by atoms with van der Waals surface area (Å²) < 4.78 is 4.72. The number of anilines is 1. The standard InChI is InChI=1S/C26H31N7O3/c1-16-7-12-20-19(13-16)23(32-22-6-4-3-5-21(22)29-15-30-27)33-24(31-20)25(34)28-14-17-8-10-18(11-9-17)26(35)36-2/h7-13,15,21-22H,3-6,14,27H2,1-2H3,(H,28,34)(H,29,30)(H,31,32,33). The van der Waals surface area contributed by atoms with Crippen LogP contribution in [0.4, 0.5) is 5.82 Å². The van der Waals surface area contributed by atoms with E-state index < -0.39 is 5.97 Å². The highest BCUT2D eigenvalue weighted by Gasteiger charge is 2.26. The Balaban J connectivity index is 1.56. The van der Waals surface area contributed by atoms with Crippen molar-refractivity contribution < 1.29 is 14.3 Å². The van der Waals surface area contributed by atoms with Crippen LogP contribution in [0.15, 0.2) is 47.5 Å². The summed E-state index contributed by atoms with van der Waals surface area (Å²) in [5.74, 6) is 5.29. The lowest BCUT2D eigenvalue weighted by molar-refractivity contribution is 0.0600. The summed E-state index contributed by atoms with van der Waals surface area (Å²) in [6.07, 6.45) is 5.59. The molecule has 10 nitrogen and oxygen atoms in total. The van der Waals surface area contributed by atoms with Crippen molar-refractivity contribution in [3.05, 3.63) is 65.0 Å². The Morgan fingerprint density at radius 2 is 1.92 bits per heavy atom. The van der Waals surface area contributed by atoms with E-state index in [1.165, 1.54) is 13.4 Å². The van der Waals surface area contributed by atoms with Crippen molar-refractivity contribution in [1.82, 2.24) is 20.7 Å². The molecule has 4 rings (SSSR count). The molecule has 36 heavy (non-hydrogen) atoms. The second-order valence-corrected chi connectivity index (χ2v) is 8.84. The zero-order valence-electron chi connectivity index (χ0n) is 20.5. The number of nitrogens with zero attached hydrogens (tertiary/aromatic N) is 3. The zero-order chi connectivity index (χ0) is 25.5. The zero-order valence-corrected chi connectivity index (χ0v) is 20.5. The van der Waals surface area contributed by atoms with Crippen LogP contribution in [0.25, 0.3) is 10.9 Å². The topological polar surface area (TPSA) is 144 Å². The molecule has 2 aromatic carbocycles. The number of hydrogen-bond acceptors (Lipinski definition) is 8. The minimum atomic E-state index is -0.407. The molecule has 188 valence electrons. The Morgan fingerprint density at radius 3 is 2.67 bits per heavy atom. The third-order valence-electron chi connectivity index (χ3n) is 6.27. The third-order valence-corrected chi connectivity index (χ3v) is 6.27. The van der Waals surface area contributed by atoms with Crippen molar-refractivity contribution in [2.45, 2.75) is 51.2 Å². The van der Waals surface area contributed by atoms with Gasteiger partial charge in [0.25, 0.3) is 5.91 Å². The van der Waals surface area contributed by atoms with Gasteiger partial charge in [0.05, 0.1) is 30.6 Å². The first-order valence-electron chi connectivity index (χ1n) is 12.0. The molecule has 1 aliphatic carbocycles. The fourth-order valence-corrected chi connectivity index (χ4v) is 4.36. The number of rotatable bonds is 8. The molecule has 2 unspecified atom stereocenters. The number of carbonyl (C=O) groups is 2. The third kappa shape index (κ3) is 5.95. The van der Waals surface area contributed by atoms with E-state index in [9.17, 15) is 9.59 Å². The molecule has 1 heterocycles. The summed E-state index contributed by atoms with van der Waals surface area (Å²) in [5.41, 5.74) is 5.52. The maximum absolute atomic E-state index is 13.0. The summed E-state index contributed by atoms with van der Waals surface area (Å²) in [6.45, 7) is 2.28. The molecule has 1 fully saturated rings. The number of methoxy groups -OCH3 is 1. The number of nitrogens with two attached hydrogens (primary N) is 1. The smallest absolute Gasteiger partial charge is 0.337 e. The number of benzene rings is 2. The van der Waals surface area contributed by atoms with Gasteiger partial charge in [0.15, 0.2) is 0 Å². The van der Waals surface area contributed by atoms with E-state index >= 15 is 0 Å². The number of carbonyl (C=O) groups excluding carboxylic acids is 2. The molecule has 1 aromatic heterocycles. The number of amides is 1. The summed E-state index contributed by atoms with van der Waals surface area (Å²) in [4.78, 5) is 38.3. The van der Waals surface area contributed by atoms with Gasteiger partial charge in [0, 0.05) is 18.0 Å². The predicted molar refractivity (Wildman–Crippen MR) is 139 cm³/mol. The van der Waals surface area contributed by atoms with Crippen molar-refractivity contribution >= 4 is 34.9 Å². The van der Waals surface area contributed by atoms with Gasteiger partial charge in [-0.25, -0.2) is 20.6 Å². The normalized spacial score (nSPS) is 17.6. The number of ether oxygens (including phenoxy) is 1. The van der Waals surface area contributed by atoms with Crippen LogP contribution in [0.2, 0.25) is 0 Å². The molecule has 5 N–H and O–H groups in total. The average molecular weight is 490 g/mol. The van der Waals surface area contributed by atoms with Gasteiger partial charge in [-0.05, 0) is 49.6 Å². The molecule has 1 aliphatic rings. The van der Waals surface area contributed by atoms with Gasteiger partial charge >= 0.3 is 5.97 Å². The monoisotopic (exact) mass is 489 g/mol. The summed E-state index contributed by atoms with van der Waals surface area (Å²) in [6, 6.07) is 12.8. The minimum absolute atomic E-state index is 0.0508. The maximum Gasteiger partial charge on any atom is 0.337 e. The SMILES string of the molecule is COC(=O)c1ccc(CNC(=O)c2nc(NC3CCCCC3N=CNN)c3cc(C)ccc3n2)cc1. The lowest BCUT2D eigenvalue weighted by atomic mass is 9.90. The van der Waals surface area contributed by atoms with E-state index in [0.717, 1.165) is 42.2 Å². The maximum atomic E-state index is 13.0. The number of esters is 1. The quantitative estimate of drug-likeness (QED) is 0.124. The van der Waals surface area contributed by atoms with Crippen molar-refractivity contribution in [3.8, 4) is 0 Å². The highest BCUT2D eigenvalue weighted by Crippen LogP contribution is 2.28. The second-order valence-electron chi connectivity index (χ2n) is 8.84. The molecule has 0 bridgehead atoms. The van der Waals surface area contributed by atoms with Crippen LogP contribution in [0.1, 0.15) is 57.8 Å². The molecule has 0 aliphatic heterocycles. The van der Waals surface area contributed by atoms with Gasteiger partial charge in [-0.3, -0.25) is 9.79 Å². The fourth-order valence-electron chi connectivity index (χ4n) is 4.36. The molecular weight excluding hydrogens is 458 g/mol. The van der Waals surface area contributed by atoms with Gasteiger partial charge in [0.1, 0.15) is 5.82 Å². The van der Waals surface area contributed by atoms with Crippen molar-refractivity contribution in [1.29, 1.82) is 0 Å². The molecule has 1 saturated carbocycles. The van der Waals surface area contributed by atoms with Crippen LogP contribution in [-0.4, -0.2) is 47.4 Å². The van der Waals surface area contributed by atoms with Gasteiger partial charge in [-0.15, -0.1) is 0 Å². The van der Waals surface area contributed by atoms with E-state index in [-0.39, 0.29) is 30.4 Å². The van der Waals surface area contributed by atoms with Gasteiger partial charge in [0.2, 0.25) is 5.82 Å². The largest absolute Gasteiger partial charge is 0.465 e. The number of hydrazine groups is 1. The molecule has 0 radical (unpaired) electrons. The first-order valence-corrected chi connectivity index (χ1v) is 12.0. The predicted octanol–water partition coefficient (Wildman–Crippen LogP) is 2.87. The Labute approximate surface area is 209 Å². The van der Waals surface area contributed by atoms with Crippen molar-refractivity contribution in [2.75, 3.05) is 12.4 Å². The van der Waals surface area contributed by atoms with E-state index in [1.807, 2.05) is 25.1 Å². The van der Waals surface area contributed by atoms with Crippen LogP contribution in [0.3, 0.4) is 0 Å². The fraction of sp³-hybridized carbons (Fsp3) is 0.346. The number of aliphatic imine (C=N–C) groups is 1. The van der Waals surface area contributed by atoms with Crippen molar-refractivity contribution in [3.63, 3.8) is 0 Å². The summed E-state index contributed by atoms with van der Waals surface area (Å²) >= 11 is 0. The van der Waals surface area contributed by atoms with Crippen LogP contribution in [-0.2, 0) is 11.3 Å². The lowest BCUT2D eigenvalue weighted by Crippen LogP contribution is -2.37.